The molecule has 4 aliphatic carbocycles. The number of nitrogens with zero attached hydrogens (tertiary/aromatic N) is 1. The first-order valence-corrected chi connectivity index (χ1v) is 13.0. The summed E-state index contributed by atoms with van der Waals surface area (Å²) >= 11 is 0. The minimum Gasteiger partial charge on any atom is -0.458 e. The van der Waals surface area contributed by atoms with Gasteiger partial charge in [-0.3, -0.25) is 0 Å². The third-order valence-electron chi connectivity index (χ3n) is 10.6. The van der Waals surface area contributed by atoms with Gasteiger partial charge >= 0.3 is 5.97 Å². The highest BCUT2D eigenvalue weighted by Gasteiger charge is 2.64. The van der Waals surface area contributed by atoms with E-state index < -0.39 is 0 Å². The van der Waals surface area contributed by atoms with E-state index in [-0.39, 0.29) is 34.9 Å². The van der Waals surface area contributed by atoms with Gasteiger partial charge in [0.25, 0.3) is 0 Å². The van der Waals surface area contributed by atoms with Crippen molar-refractivity contribution in [3.63, 3.8) is 0 Å². The molecular weight excluding hydrogens is 410 g/mol. The molecule has 0 N–H and O–H groups in total. The molecule has 0 aliphatic heterocycles. The van der Waals surface area contributed by atoms with E-state index in [2.05, 4.69) is 26.8 Å². The fourth-order valence-electron chi connectivity index (χ4n) is 9.05. The van der Waals surface area contributed by atoms with E-state index in [1.54, 1.807) is 0 Å². The van der Waals surface area contributed by atoms with Gasteiger partial charge in [-0.1, -0.05) is 39.0 Å². The third kappa shape index (κ3) is 3.54. The van der Waals surface area contributed by atoms with E-state index in [1.165, 1.54) is 19.3 Å². The van der Waals surface area contributed by atoms with Crippen LogP contribution in [-0.2, 0) is 9.47 Å². The minimum absolute atomic E-state index is 0.0170. The zero-order valence-electron chi connectivity index (χ0n) is 20.6. The Bertz CT molecular complexity index is 925. The molecule has 4 heteroatoms. The summed E-state index contributed by atoms with van der Waals surface area (Å²) in [4.78, 5) is 12.8. The molecule has 4 nitrogen and oxygen atoms in total. The molecule has 0 amide bonds. The van der Waals surface area contributed by atoms with E-state index in [4.69, 9.17) is 9.47 Å². The lowest BCUT2D eigenvalue weighted by atomic mass is 9.43. The van der Waals surface area contributed by atoms with Crippen LogP contribution >= 0.6 is 0 Å². The van der Waals surface area contributed by atoms with Crippen molar-refractivity contribution in [3.8, 4) is 6.07 Å². The molecule has 0 saturated heterocycles. The number of carbonyl (C=O) groups is 1. The predicted molar refractivity (Wildman–Crippen MR) is 127 cm³/mol. The molecule has 4 fully saturated rings. The van der Waals surface area contributed by atoms with Gasteiger partial charge in [0.15, 0.2) is 0 Å². The van der Waals surface area contributed by atoms with E-state index in [0.29, 0.717) is 35.2 Å². The molecule has 5 rings (SSSR count). The van der Waals surface area contributed by atoms with Crippen molar-refractivity contribution in [1.82, 2.24) is 0 Å². The third-order valence-corrected chi connectivity index (χ3v) is 10.6. The number of rotatable bonds is 3. The summed E-state index contributed by atoms with van der Waals surface area (Å²) in [6.07, 6.45) is 7.91. The summed E-state index contributed by atoms with van der Waals surface area (Å²) in [6.45, 7) is 7.15. The summed E-state index contributed by atoms with van der Waals surface area (Å²) in [7, 11) is 1.88. The van der Waals surface area contributed by atoms with Crippen LogP contribution in [0.4, 0.5) is 0 Å². The highest BCUT2D eigenvalue weighted by Crippen LogP contribution is 2.68. The van der Waals surface area contributed by atoms with E-state index in [1.807, 2.05) is 37.4 Å². The van der Waals surface area contributed by atoms with Crippen molar-refractivity contribution in [2.45, 2.75) is 77.9 Å². The molecule has 178 valence electrons. The Labute approximate surface area is 199 Å². The summed E-state index contributed by atoms with van der Waals surface area (Å²) in [5.41, 5.74) is 0.930. The Morgan fingerprint density at radius 3 is 2.48 bits per heavy atom. The molecule has 4 aliphatic rings. The highest BCUT2D eigenvalue weighted by molar-refractivity contribution is 5.89. The van der Waals surface area contributed by atoms with Gasteiger partial charge in [0.1, 0.15) is 6.10 Å². The molecule has 1 aromatic carbocycles. The molecular formula is C29H39NO3. The van der Waals surface area contributed by atoms with Crippen molar-refractivity contribution in [2.24, 2.45) is 46.3 Å². The lowest BCUT2D eigenvalue weighted by molar-refractivity contribution is -0.191. The molecule has 1 aromatic rings. The standard InChI is InChI=1S/C29H39NO3/c1-18-15-29(3)20(14-24(18)33-27(31)19-8-6-5-7-9-19)10-12-22-23-13-11-21(17-30)28(23,2)16-25(32-4)26(22)29/h5-9,18,20-26H,10-16H2,1-4H3/t18-,20-,21+,22-,23-,24-,25-,26+,28+,29-/m0/s1. The second-order valence-electron chi connectivity index (χ2n) is 12.0. The molecule has 0 bridgehead atoms. The van der Waals surface area contributed by atoms with Crippen LogP contribution in [0.3, 0.4) is 0 Å². The van der Waals surface area contributed by atoms with Crippen molar-refractivity contribution >= 4 is 5.97 Å². The molecule has 4 saturated carbocycles. The van der Waals surface area contributed by atoms with Crippen LogP contribution in [0.2, 0.25) is 0 Å². The number of fused-ring (bicyclic) bond motifs is 5. The van der Waals surface area contributed by atoms with Crippen molar-refractivity contribution in [3.05, 3.63) is 35.9 Å². The number of methoxy groups -OCH3 is 1. The first-order chi connectivity index (χ1) is 15.8. The lowest BCUT2D eigenvalue weighted by Crippen LogP contribution is -2.60. The van der Waals surface area contributed by atoms with Crippen LogP contribution < -0.4 is 0 Å². The number of carbonyl (C=O) groups excluding carboxylic acids is 1. The Morgan fingerprint density at radius 1 is 1.03 bits per heavy atom. The van der Waals surface area contributed by atoms with Gasteiger partial charge in [-0.2, -0.15) is 5.26 Å². The quantitative estimate of drug-likeness (QED) is 0.511. The zero-order valence-corrected chi connectivity index (χ0v) is 20.6. The Balaban J connectivity index is 1.38. The minimum atomic E-state index is -0.193. The van der Waals surface area contributed by atoms with E-state index >= 15 is 0 Å². The van der Waals surface area contributed by atoms with Crippen LogP contribution in [0.1, 0.15) is 76.1 Å². The average molecular weight is 450 g/mol. The van der Waals surface area contributed by atoms with Gasteiger partial charge in [-0.15, -0.1) is 0 Å². The number of hydrogen-bond donors (Lipinski definition) is 0. The largest absolute Gasteiger partial charge is 0.458 e. The molecule has 0 radical (unpaired) electrons. The van der Waals surface area contributed by atoms with Crippen LogP contribution in [0.15, 0.2) is 30.3 Å². The topological polar surface area (TPSA) is 59.3 Å². The summed E-state index contributed by atoms with van der Waals surface area (Å²) in [6, 6.07) is 12.0. The monoisotopic (exact) mass is 449 g/mol. The normalized spacial score (nSPS) is 46.4. The van der Waals surface area contributed by atoms with Crippen LogP contribution in [0.5, 0.6) is 0 Å². The van der Waals surface area contributed by atoms with Crippen molar-refractivity contribution in [1.29, 1.82) is 5.26 Å². The molecule has 33 heavy (non-hydrogen) atoms. The van der Waals surface area contributed by atoms with E-state index in [0.717, 1.165) is 25.7 Å². The first-order valence-electron chi connectivity index (χ1n) is 13.0. The van der Waals surface area contributed by atoms with Crippen LogP contribution in [-0.4, -0.2) is 25.3 Å². The van der Waals surface area contributed by atoms with Crippen LogP contribution in [0.25, 0.3) is 0 Å². The highest BCUT2D eigenvalue weighted by atomic mass is 16.5. The van der Waals surface area contributed by atoms with Gasteiger partial charge in [0.05, 0.1) is 23.7 Å². The lowest BCUT2D eigenvalue weighted by Gasteiger charge is -2.63. The Morgan fingerprint density at radius 2 is 1.79 bits per heavy atom. The summed E-state index contributed by atoms with van der Waals surface area (Å²) in [5, 5.41) is 9.85. The van der Waals surface area contributed by atoms with Gasteiger partial charge in [0.2, 0.25) is 0 Å². The zero-order chi connectivity index (χ0) is 23.4. The molecule has 0 spiro atoms. The first kappa shape index (κ1) is 22.9. The SMILES string of the molecule is CO[C@H]1C[C@]2(C)[C@@H](C#N)CC[C@H]2[C@@H]2CC[C@H]3C[C@H](OC(=O)c4ccccc4)[C@@H](C)C[C@]3(C)[C@H]21. The molecule has 0 aromatic heterocycles. The molecule has 10 atom stereocenters. The number of hydrogen-bond acceptors (Lipinski definition) is 4. The average Bonchev–Trinajstić information content (AvgIpc) is 3.15. The van der Waals surface area contributed by atoms with Gasteiger partial charge in [0, 0.05) is 7.11 Å². The number of nitriles is 1. The van der Waals surface area contributed by atoms with Crippen molar-refractivity contribution in [2.75, 3.05) is 7.11 Å². The number of ether oxygens (including phenoxy) is 2. The van der Waals surface area contributed by atoms with Gasteiger partial charge in [-0.05, 0) is 97.5 Å². The maximum atomic E-state index is 12.8. The van der Waals surface area contributed by atoms with Gasteiger partial charge < -0.3 is 9.47 Å². The molecule has 0 heterocycles. The van der Waals surface area contributed by atoms with Gasteiger partial charge in [-0.25, -0.2) is 4.79 Å². The van der Waals surface area contributed by atoms with Crippen molar-refractivity contribution < 1.29 is 14.3 Å². The second-order valence-corrected chi connectivity index (χ2v) is 12.0. The number of benzene rings is 1. The number of esters is 1. The maximum absolute atomic E-state index is 12.8. The smallest absolute Gasteiger partial charge is 0.338 e. The molecule has 0 unspecified atom stereocenters. The van der Waals surface area contributed by atoms with E-state index in [9.17, 15) is 10.1 Å². The summed E-state index contributed by atoms with van der Waals surface area (Å²) in [5.74, 6) is 2.67. The Kier molecular flexibility index (Phi) is 5.84. The Hall–Kier alpha value is -1.86. The second kappa shape index (κ2) is 8.42. The fraction of sp³-hybridized carbons (Fsp3) is 0.724. The van der Waals surface area contributed by atoms with Crippen LogP contribution in [0, 0.1) is 57.7 Å². The maximum Gasteiger partial charge on any atom is 0.338 e. The predicted octanol–water partition coefficient (Wildman–Crippen LogP) is 6.27. The fourth-order valence-corrected chi connectivity index (χ4v) is 9.05. The summed E-state index contributed by atoms with van der Waals surface area (Å²) < 4.78 is 12.3.